The van der Waals surface area contributed by atoms with Gasteiger partial charge in [-0.25, -0.2) is 18.4 Å². The Morgan fingerprint density at radius 1 is 0.636 bits per heavy atom. The van der Waals surface area contributed by atoms with Crippen molar-refractivity contribution >= 4 is 85.1 Å². The first kappa shape index (κ1) is 55.9. The van der Waals surface area contributed by atoms with Gasteiger partial charge in [-0.2, -0.15) is 25.4 Å². The maximum absolute atomic E-state index is 13.8. The number of benzene rings is 4. The molecule has 4 aromatic carbocycles. The summed E-state index contributed by atoms with van der Waals surface area (Å²) in [6, 6.07) is 20.9. The molecule has 2 heterocycles. The van der Waals surface area contributed by atoms with Crippen LogP contribution in [0.4, 0.5) is 20.2 Å². The number of piperazine rings is 2. The smallest absolute Gasteiger partial charge is 0.337 e. The molecule has 0 amide bonds. The average Bonchev–Trinajstić information content (AvgIpc) is 3.29. The minimum Gasteiger partial charge on any atom is -0.465 e. The Balaban J connectivity index is 0.000000321. The third kappa shape index (κ3) is 15.3. The summed E-state index contributed by atoms with van der Waals surface area (Å²) < 4.78 is 95.8. The number of carbonyl (C=O) groups is 3. The summed E-state index contributed by atoms with van der Waals surface area (Å²) in [5, 5.41) is 2.79. The first-order chi connectivity index (χ1) is 30.7. The molecule has 0 spiro atoms. The van der Waals surface area contributed by atoms with Gasteiger partial charge in [0.1, 0.15) is 17.4 Å². The van der Waals surface area contributed by atoms with Crippen LogP contribution in [-0.2, 0) is 47.8 Å². The monoisotopic (exact) mass is 1020 g/mol. The number of hydrogen-bond donors (Lipinski definition) is 1. The van der Waals surface area contributed by atoms with Crippen LogP contribution in [0.1, 0.15) is 59.5 Å². The van der Waals surface area contributed by atoms with Crippen molar-refractivity contribution in [3.8, 4) is 0 Å². The van der Waals surface area contributed by atoms with E-state index >= 15 is 0 Å². The lowest BCUT2D eigenvalue weighted by molar-refractivity contribution is -0.115. The second-order valence-corrected chi connectivity index (χ2v) is 19.7. The maximum atomic E-state index is 13.8. The third-order valence-electron chi connectivity index (χ3n) is 10.1. The number of hydrogen-bond acceptors (Lipinski definition) is 11. The number of ketones is 1. The molecule has 6 rings (SSSR count). The molecular formula is C44H55Cl3F2N6O9S2. The molecule has 2 aliphatic heterocycles. The molecule has 0 bridgehead atoms. The Kier molecular flexibility index (Phi) is 21.7. The SMILES string of the molecule is CC(C)=O.COC(=O)c1ccc(CN(c2ccc(F)c(Cl)c2)S(=O)(=O)N2CCN(C(C)C)CC2)cc1.COC(=O)c1ccc(CN(c2ccc(F)c(Cl)c2)S(=O)(=O)N2CCNCC2)cc1.Cl. The van der Waals surface area contributed by atoms with Crippen molar-refractivity contribution in [2.45, 2.75) is 46.8 Å². The standard InChI is InChI=1S/C22H27ClFN3O4S.C19H21ClFN3O4S.C3H6O.ClH/c1-16(2)25-10-12-26(13-11-25)32(29,30)27(19-8-9-21(24)20(23)14-19)15-17-4-6-18(7-5-17)22(28)31-3;1-28-19(25)15-4-2-14(3-5-15)13-24(16-6-7-18(21)17(20)12-16)29(26,27)23-10-8-22-9-11-23;1-3(2)4;/h4-9,14,16H,10-13,15H2,1-3H3;2-7,12,22H,8-11,13H2,1H3;1-2H3;1H. The summed E-state index contributed by atoms with van der Waals surface area (Å²) >= 11 is 11.9. The van der Waals surface area contributed by atoms with Crippen molar-refractivity contribution in [3.05, 3.63) is 129 Å². The molecule has 0 aliphatic carbocycles. The summed E-state index contributed by atoms with van der Waals surface area (Å²) in [5.74, 6) is -2.04. The van der Waals surface area contributed by atoms with E-state index in [0.29, 0.717) is 80.7 Å². The van der Waals surface area contributed by atoms with Crippen molar-refractivity contribution in [3.63, 3.8) is 0 Å². The summed E-state index contributed by atoms with van der Waals surface area (Å²) in [6.45, 7) is 10.9. The number of rotatable bonds is 13. The van der Waals surface area contributed by atoms with Crippen molar-refractivity contribution in [1.82, 2.24) is 18.8 Å². The molecule has 0 atom stereocenters. The van der Waals surface area contributed by atoms with Crippen LogP contribution in [0.3, 0.4) is 0 Å². The fourth-order valence-corrected chi connectivity index (χ4v) is 10.1. The number of Topliss-reactive ketones (excluding diaryl/α,β-unsaturated/α-hetero) is 1. The molecule has 66 heavy (non-hydrogen) atoms. The van der Waals surface area contributed by atoms with Crippen LogP contribution in [0, 0.1) is 11.6 Å². The predicted molar refractivity (Wildman–Crippen MR) is 255 cm³/mol. The van der Waals surface area contributed by atoms with E-state index in [0.717, 1.165) is 12.1 Å². The van der Waals surface area contributed by atoms with E-state index in [1.165, 1.54) is 69.6 Å². The summed E-state index contributed by atoms with van der Waals surface area (Å²) in [6.07, 6.45) is 0. The van der Waals surface area contributed by atoms with Crippen molar-refractivity contribution in [2.24, 2.45) is 0 Å². The molecule has 0 saturated carbocycles. The molecule has 0 aromatic heterocycles. The molecule has 2 fully saturated rings. The van der Waals surface area contributed by atoms with Crippen LogP contribution in [-0.4, -0.2) is 121 Å². The minimum absolute atomic E-state index is 0. The number of nitrogens with zero attached hydrogens (tertiary/aromatic N) is 5. The fraction of sp³-hybridized carbons (Fsp3) is 0.386. The lowest BCUT2D eigenvalue weighted by Gasteiger charge is -2.38. The van der Waals surface area contributed by atoms with Crippen LogP contribution in [0.15, 0.2) is 84.9 Å². The molecule has 15 nitrogen and oxygen atoms in total. The van der Waals surface area contributed by atoms with Gasteiger partial charge in [-0.3, -0.25) is 13.5 Å². The molecule has 0 radical (unpaired) electrons. The summed E-state index contributed by atoms with van der Waals surface area (Å²) in [5.41, 5.74) is 2.55. The number of anilines is 2. The highest BCUT2D eigenvalue weighted by Gasteiger charge is 2.34. The zero-order valence-electron chi connectivity index (χ0n) is 37.4. The van der Waals surface area contributed by atoms with Crippen LogP contribution in [0.5, 0.6) is 0 Å². The Morgan fingerprint density at radius 2 is 0.985 bits per heavy atom. The van der Waals surface area contributed by atoms with Gasteiger partial charge in [-0.1, -0.05) is 47.5 Å². The highest BCUT2D eigenvalue weighted by molar-refractivity contribution is 7.90. The van der Waals surface area contributed by atoms with Crippen LogP contribution < -0.4 is 13.9 Å². The van der Waals surface area contributed by atoms with E-state index in [1.807, 2.05) is 0 Å². The maximum Gasteiger partial charge on any atom is 0.337 e. The minimum atomic E-state index is -3.92. The zero-order chi connectivity index (χ0) is 48.1. The van der Waals surface area contributed by atoms with Gasteiger partial charge in [0, 0.05) is 58.4 Å². The van der Waals surface area contributed by atoms with E-state index in [-0.39, 0.29) is 52.7 Å². The number of esters is 2. The van der Waals surface area contributed by atoms with Gasteiger partial charge in [0.2, 0.25) is 0 Å². The highest BCUT2D eigenvalue weighted by atomic mass is 35.5. The van der Waals surface area contributed by atoms with Gasteiger partial charge in [0.15, 0.2) is 0 Å². The molecule has 22 heteroatoms. The topological polar surface area (TPSA) is 166 Å². The van der Waals surface area contributed by atoms with Gasteiger partial charge < -0.3 is 19.6 Å². The molecule has 2 saturated heterocycles. The molecule has 1 N–H and O–H groups in total. The Morgan fingerprint density at radius 3 is 1.30 bits per heavy atom. The number of ether oxygens (including phenoxy) is 2. The number of nitrogens with one attached hydrogen (secondary N) is 1. The van der Waals surface area contributed by atoms with Gasteiger partial charge in [0.25, 0.3) is 0 Å². The van der Waals surface area contributed by atoms with Crippen LogP contribution in [0.2, 0.25) is 10.0 Å². The predicted octanol–water partition coefficient (Wildman–Crippen LogP) is 6.98. The van der Waals surface area contributed by atoms with E-state index in [2.05, 4.69) is 28.8 Å². The van der Waals surface area contributed by atoms with Gasteiger partial charge in [-0.05, 0) is 99.5 Å². The van der Waals surface area contributed by atoms with E-state index in [4.69, 9.17) is 27.9 Å². The van der Waals surface area contributed by atoms with Gasteiger partial charge in [-0.15, -0.1) is 12.4 Å². The molecule has 2 aliphatic rings. The van der Waals surface area contributed by atoms with Crippen LogP contribution in [0.25, 0.3) is 0 Å². The van der Waals surface area contributed by atoms with E-state index in [1.54, 1.807) is 48.5 Å². The lowest BCUT2D eigenvalue weighted by Crippen LogP contribution is -2.54. The number of carbonyl (C=O) groups excluding carboxylic acids is 3. The van der Waals surface area contributed by atoms with E-state index in [9.17, 15) is 40.0 Å². The largest absolute Gasteiger partial charge is 0.465 e. The Bertz CT molecular complexity index is 2470. The lowest BCUT2D eigenvalue weighted by atomic mass is 10.1. The van der Waals surface area contributed by atoms with Gasteiger partial charge in [0.05, 0.1) is 59.9 Å². The van der Waals surface area contributed by atoms with Crippen molar-refractivity contribution in [1.29, 1.82) is 0 Å². The van der Waals surface area contributed by atoms with Gasteiger partial charge >= 0.3 is 32.4 Å². The quantitative estimate of drug-likeness (QED) is 0.137. The van der Waals surface area contributed by atoms with E-state index < -0.39 is 44.0 Å². The Hall–Kier alpha value is -4.44. The van der Waals surface area contributed by atoms with Crippen molar-refractivity contribution < 1.29 is 49.5 Å². The number of methoxy groups -OCH3 is 2. The highest BCUT2D eigenvalue weighted by Crippen LogP contribution is 2.30. The summed E-state index contributed by atoms with van der Waals surface area (Å²) in [4.78, 5) is 35.0. The second-order valence-electron chi connectivity index (χ2n) is 15.2. The first-order valence-electron chi connectivity index (χ1n) is 20.4. The molecular weight excluding hydrogens is 965 g/mol. The van der Waals surface area contributed by atoms with Crippen LogP contribution >= 0.6 is 35.6 Å². The first-order valence-corrected chi connectivity index (χ1v) is 24.0. The summed E-state index contributed by atoms with van der Waals surface area (Å²) in [7, 11) is -5.22. The average molecular weight is 1020 g/mol. The molecule has 362 valence electrons. The normalized spacial score (nSPS) is 14.7. The van der Waals surface area contributed by atoms with Crippen molar-refractivity contribution in [2.75, 3.05) is 75.2 Å². The Labute approximate surface area is 402 Å². The number of halogens is 5. The zero-order valence-corrected chi connectivity index (χ0v) is 41.3. The molecule has 0 unspecified atom stereocenters. The third-order valence-corrected chi connectivity index (χ3v) is 14.5. The molecule has 4 aromatic rings. The fourth-order valence-electron chi connectivity index (χ4n) is 6.56. The second kappa shape index (κ2) is 25.6.